The maximum absolute atomic E-state index is 5.22. The van der Waals surface area contributed by atoms with Crippen LogP contribution in [0.1, 0.15) is 30.9 Å². The molecule has 1 aliphatic rings. The summed E-state index contributed by atoms with van der Waals surface area (Å²) in [5.74, 6) is 0.828. The third-order valence-electron chi connectivity index (χ3n) is 2.81. The summed E-state index contributed by atoms with van der Waals surface area (Å²) in [6, 6.07) is 0.346. The second-order valence-electron chi connectivity index (χ2n) is 3.88. The number of hydrogen-bond donors (Lipinski definition) is 0. The Morgan fingerprint density at radius 1 is 1.29 bits per heavy atom. The molecule has 0 bridgehead atoms. The molecule has 5 heteroatoms. The van der Waals surface area contributed by atoms with Gasteiger partial charge >= 0.3 is 6.01 Å². The van der Waals surface area contributed by atoms with Crippen molar-refractivity contribution in [1.29, 1.82) is 0 Å². The molecule has 0 saturated carbocycles. The Morgan fingerprint density at radius 3 is 2.71 bits per heavy atom. The quantitative estimate of drug-likeness (QED) is 0.805. The zero-order chi connectivity index (χ0) is 12.3. The van der Waals surface area contributed by atoms with Crippen molar-refractivity contribution >= 4 is 15.9 Å². The zero-order valence-corrected chi connectivity index (χ0v) is 11.5. The Morgan fingerprint density at radius 2 is 2.12 bits per heavy atom. The predicted octanol–water partition coefficient (Wildman–Crippen LogP) is 3.08. The van der Waals surface area contributed by atoms with Gasteiger partial charge in [0.2, 0.25) is 5.88 Å². The van der Waals surface area contributed by atoms with Crippen molar-refractivity contribution in [2.45, 2.75) is 25.2 Å². The molecule has 0 fully saturated rings. The van der Waals surface area contributed by atoms with Gasteiger partial charge in [0.25, 0.3) is 0 Å². The van der Waals surface area contributed by atoms with Crippen molar-refractivity contribution in [2.75, 3.05) is 14.2 Å². The molecule has 0 aliphatic heterocycles. The number of methoxy groups -OCH3 is 2. The van der Waals surface area contributed by atoms with Crippen LogP contribution in [0.25, 0.3) is 0 Å². The van der Waals surface area contributed by atoms with E-state index in [0.717, 1.165) is 23.0 Å². The molecule has 0 amide bonds. The van der Waals surface area contributed by atoms with E-state index in [-0.39, 0.29) is 0 Å². The summed E-state index contributed by atoms with van der Waals surface area (Å²) in [6.07, 6.45) is 7.81. The minimum Gasteiger partial charge on any atom is -0.480 e. The zero-order valence-electron chi connectivity index (χ0n) is 9.94. The van der Waals surface area contributed by atoms with Crippen LogP contribution < -0.4 is 9.47 Å². The van der Waals surface area contributed by atoms with E-state index in [1.807, 2.05) is 0 Å². The van der Waals surface area contributed by atoms with Crippen LogP contribution in [0.4, 0.5) is 0 Å². The lowest BCUT2D eigenvalue weighted by Crippen LogP contribution is -2.07. The molecule has 92 valence electrons. The van der Waals surface area contributed by atoms with Crippen LogP contribution >= 0.6 is 15.9 Å². The van der Waals surface area contributed by atoms with Crippen LogP contribution in [0.3, 0.4) is 0 Å². The van der Waals surface area contributed by atoms with Gasteiger partial charge in [-0.25, -0.2) is 0 Å². The molecule has 0 aromatic carbocycles. The molecule has 0 saturated heterocycles. The van der Waals surface area contributed by atoms with Crippen LogP contribution in [0, 0.1) is 0 Å². The molecule has 1 aliphatic carbocycles. The third-order valence-corrected chi connectivity index (χ3v) is 3.55. The van der Waals surface area contributed by atoms with Gasteiger partial charge in [0, 0.05) is 5.92 Å². The Balaban J connectivity index is 2.43. The molecule has 0 N–H and O–H groups in total. The number of rotatable bonds is 3. The number of ether oxygens (including phenoxy) is 2. The molecule has 0 radical (unpaired) electrons. The fourth-order valence-corrected chi connectivity index (χ4v) is 2.57. The molecule has 1 atom stereocenters. The summed E-state index contributed by atoms with van der Waals surface area (Å²) in [5.41, 5.74) is 0.935. The van der Waals surface area contributed by atoms with Crippen LogP contribution in [0.15, 0.2) is 16.6 Å². The van der Waals surface area contributed by atoms with Gasteiger partial charge < -0.3 is 9.47 Å². The summed E-state index contributed by atoms with van der Waals surface area (Å²) >= 11 is 3.50. The fraction of sp³-hybridized carbons (Fsp3) is 0.500. The minimum absolute atomic E-state index is 0.309. The summed E-state index contributed by atoms with van der Waals surface area (Å²) in [7, 11) is 3.15. The van der Waals surface area contributed by atoms with Gasteiger partial charge in [-0.1, -0.05) is 12.2 Å². The second-order valence-corrected chi connectivity index (χ2v) is 4.68. The van der Waals surface area contributed by atoms with Crippen LogP contribution in [-0.2, 0) is 0 Å². The van der Waals surface area contributed by atoms with E-state index in [9.17, 15) is 0 Å². The Bertz CT molecular complexity index is 435. The Kier molecular flexibility index (Phi) is 3.99. The number of hydrogen-bond acceptors (Lipinski definition) is 4. The topological polar surface area (TPSA) is 44.2 Å². The van der Waals surface area contributed by atoms with Gasteiger partial charge in [-0.2, -0.15) is 9.97 Å². The van der Waals surface area contributed by atoms with Crippen molar-refractivity contribution in [3.8, 4) is 11.9 Å². The molecule has 4 nitrogen and oxygen atoms in total. The highest BCUT2D eigenvalue weighted by Crippen LogP contribution is 2.36. The van der Waals surface area contributed by atoms with Gasteiger partial charge in [0.05, 0.1) is 19.9 Å². The molecule has 0 spiro atoms. The smallest absolute Gasteiger partial charge is 0.319 e. The highest BCUT2D eigenvalue weighted by atomic mass is 79.9. The highest BCUT2D eigenvalue weighted by Gasteiger charge is 2.20. The molecule has 1 aromatic heterocycles. The van der Waals surface area contributed by atoms with E-state index in [1.54, 1.807) is 14.2 Å². The van der Waals surface area contributed by atoms with E-state index >= 15 is 0 Å². The van der Waals surface area contributed by atoms with Crippen molar-refractivity contribution < 1.29 is 9.47 Å². The summed E-state index contributed by atoms with van der Waals surface area (Å²) in [4.78, 5) is 8.55. The lowest BCUT2D eigenvalue weighted by Gasteiger charge is -2.18. The fourth-order valence-electron chi connectivity index (χ4n) is 1.94. The van der Waals surface area contributed by atoms with Crippen LogP contribution in [-0.4, -0.2) is 24.2 Å². The average Bonchev–Trinajstić information content (AvgIpc) is 2.40. The maximum atomic E-state index is 5.22. The van der Waals surface area contributed by atoms with Crippen molar-refractivity contribution in [1.82, 2.24) is 9.97 Å². The van der Waals surface area contributed by atoms with Gasteiger partial charge in [0.15, 0.2) is 0 Å². The summed E-state index contributed by atoms with van der Waals surface area (Å²) in [5, 5.41) is 0. The average molecular weight is 299 g/mol. The molecule has 0 unspecified atom stereocenters. The maximum Gasteiger partial charge on any atom is 0.319 e. The van der Waals surface area contributed by atoms with E-state index in [2.05, 4.69) is 38.0 Å². The van der Waals surface area contributed by atoms with E-state index in [1.165, 1.54) is 6.42 Å². The monoisotopic (exact) mass is 298 g/mol. The van der Waals surface area contributed by atoms with E-state index in [0.29, 0.717) is 17.8 Å². The number of nitrogens with zero attached hydrogens (tertiary/aromatic N) is 2. The van der Waals surface area contributed by atoms with Crippen molar-refractivity contribution in [2.24, 2.45) is 0 Å². The first-order valence-electron chi connectivity index (χ1n) is 5.58. The van der Waals surface area contributed by atoms with Gasteiger partial charge in [-0.15, -0.1) is 0 Å². The number of halogens is 1. The van der Waals surface area contributed by atoms with Gasteiger partial charge in [0.1, 0.15) is 4.47 Å². The highest BCUT2D eigenvalue weighted by molar-refractivity contribution is 9.10. The molecule has 17 heavy (non-hydrogen) atoms. The third kappa shape index (κ3) is 2.60. The first kappa shape index (κ1) is 12.4. The lowest BCUT2D eigenvalue weighted by atomic mass is 9.93. The standard InChI is InChI=1S/C12H15BrN2O2/c1-16-11-9(13)10(14-12(15-11)17-2)8-6-4-3-5-7-8/h4,6,8H,3,5,7H2,1-2H3/t8-/m1/s1. The SMILES string of the molecule is COc1nc(OC)c(Br)c([C@@H]2C=CCCC2)n1. The predicted molar refractivity (Wildman–Crippen MR) is 68.6 cm³/mol. The first-order valence-corrected chi connectivity index (χ1v) is 6.37. The normalized spacial score (nSPS) is 19.1. The van der Waals surface area contributed by atoms with Crippen LogP contribution in [0.5, 0.6) is 11.9 Å². The van der Waals surface area contributed by atoms with Gasteiger partial charge in [-0.05, 0) is 35.2 Å². The molecular weight excluding hydrogens is 284 g/mol. The summed E-state index contributed by atoms with van der Waals surface area (Å²) in [6.45, 7) is 0. The number of allylic oxidation sites excluding steroid dienone is 2. The first-order chi connectivity index (χ1) is 8.26. The number of aromatic nitrogens is 2. The largest absolute Gasteiger partial charge is 0.480 e. The Hall–Kier alpha value is -1.10. The molecule has 1 heterocycles. The molecular formula is C12H15BrN2O2. The summed E-state index contributed by atoms with van der Waals surface area (Å²) < 4.78 is 11.1. The lowest BCUT2D eigenvalue weighted by molar-refractivity contribution is 0.346. The molecule has 1 aromatic rings. The van der Waals surface area contributed by atoms with E-state index in [4.69, 9.17) is 9.47 Å². The second kappa shape index (κ2) is 5.49. The van der Waals surface area contributed by atoms with Crippen molar-refractivity contribution in [3.05, 3.63) is 22.3 Å². The van der Waals surface area contributed by atoms with Crippen molar-refractivity contribution in [3.63, 3.8) is 0 Å². The Labute approximate surface area is 109 Å². The minimum atomic E-state index is 0.309. The molecule has 2 rings (SSSR count). The van der Waals surface area contributed by atoms with Crippen LogP contribution in [0.2, 0.25) is 0 Å². The van der Waals surface area contributed by atoms with E-state index < -0.39 is 0 Å². The van der Waals surface area contributed by atoms with Gasteiger partial charge in [-0.3, -0.25) is 0 Å².